The van der Waals surface area contributed by atoms with Crippen LogP contribution in [0.3, 0.4) is 0 Å². The number of amidine groups is 1. The average molecular weight is 607 g/mol. The van der Waals surface area contributed by atoms with E-state index < -0.39 is 12.1 Å². The smallest absolute Gasteiger partial charge is 0.406 e. The third-order valence-corrected chi connectivity index (χ3v) is 8.68. The minimum absolute atomic E-state index is 0.308. The molecule has 12 heteroatoms. The van der Waals surface area contributed by atoms with Crippen molar-refractivity contribution in [1.82, 2.24) is 14.8 Å². The number of aliphatic hydroxyl groups is 1. The molecule has 6 rings (SSSR count). The Bertz CT molecular complexity index is 1630. The summed E-state index contributed by atoms with van der Waals surface area (Å²) in [6, 6.07) is 21.1. The molecule has 8 nitrogen and oxygen atoms in total. The van der Waals surface area contributed by atoms with Gasteiger partial charge in [-0.1, -0.05) is 67.1 Å². The van der Waals surface area contributed by atoms with Crippen LogP contribution in [0.5, 0.6) is 5.75 Å². The maximum absolute atomic E-state index is 12.4. The number of aromatic nitrogens is 3. The number of alkyl halides is 3. The Morgan fingerprint density at radius 1 is 1.02 bits per heavy atom. The number of hydrogen-bond donors (Lipinski definition) is 1. The van der Waals surface area contributed by atoms with E-state index in [1.807, 2.05) is 42.2 Å². The summed E-state index contributed by atoms with van der Waals surface area (Å²) in [5, 5.41) is 25.2. The molecule has 1 unspecified atom stereocenters. The van der Waals surface area contributed by atoms with E-state index in [1.165, 1.54) is 65.4 Å². The summed E-state index contributed by atoms with van der Waals surface area (Å²) >= 11 is 1.48. The highest BCUT2D eigenvalue weighted by Crippen LogP contribution is 2.43. The zero-order valence-corrected chi connectivity index (χ0v) is 24.1. The van der Waals surface area contributed by atoms with E-state index in [2.05, 4.69) is 43.2 Å². The molecular formula is C31H29F3N6O2S. The fraction of sp³-hybridized carbons (Fsp3) is 0.290. The average Bonchev–Trinajstić information content (AvgIpc) is 3.74. The monoisotopic (exact) mass is 606 g/mol. The van der Waals surface area contributed by atoms with E-state index >= 15 is 0 Å². The molecular weight excluding hydrogens is 577 g/mol. The Morgan fingerprint density at radius 2 is 1.74 bits per heavy atom. The Labute approximate surface area is 250 Å². The molecule has 0 radical (unpaired) electrons. The van der Waals surface area contributed by atoms with Gasteiger partial charge in [-0.25, -0.2) is 9.67 Å². The lowest BCUT2D eigenvalue weighted by Crippen LogP contribution is -2.45. The molecule has 0 spiro atoms. The van der Waals surface area contributed by atoms with Crippen LogP contribution >= 0.6 is 11.8 Å². The van der Waals surface area contributed by atoms with E-state index in [-0.39, 0.29) is 5.75 Å². The van der Waals surface area contributed by atoms with Crippen molar-refractivity contribution >= 4 is 28.8 Å². The first-order valence-electron chi connectivity index (χ1n) is 13.9. The van der Waals surface area contributed by atoms with Gasteiger partial charge >= 0.3 is 6.36 Å². The standard InChI is InChI=1S/C31H29F3N6O2S/c1-30(41)19-43-29(40(30)27-9-5-4-8-26(27)22-6-2-3-7-22)37-36-18-21-10-12-23(13-11-21)28-35-20-39(38-28)24-14-16-25(17-15-24)42-31(32,33)34/h4-5,8-18,20,22,41H,2-3,6-7,19H2,1H3/b36-18+,37-29-. The van der Waals surface area contributed by atoms with Gasteiger partial charge in [0.2, 0.25) is 0 Å². The normalized spacial score (nSPS) is 20.5. The summed E-state index contributed by atoms with van der Waals surface area (Å²) in [7, 11) is 0. The number of anilines is 1. The Kier molecular flexibility index (Phi) is 7.97. The Hall–Kier alpha value is -4.16. The molecule has 3 aromatic carbocycles. The number of para-hydroxylation sites is 1. The SMILES string of the molecule is CC1(O)CS/C(=N\N=C\c2ccc(-c3ncn(-c4ccc(OC(F)(F)F)cc4)n3)cc2)N1c1ccccc1C1CCCC1. The van der Waals surface area contributed by atoms with E-state index in [9.17, 15) is 18.3 Å². The van der Waals surface area contributed by atoms with Crippen LogP contribution in [-0.2, 0) is 0 Å². The number of thioether (sulfide) groups is 1. The van der Waals surface area contributed by atoms with Crippen molar-refractivity contribution < 1.29 is 23.0 Å². The van der Waals surface area contributed by atoms with Crippen LogP contribution in [0, 0.1) is 0 Å². The summed E-state index contributed by atoms with van der Waals surface area (Å²) in [5.41, 5.74) is 3.28. The molecule has 2 heterocycles. The van der Waals surface area contributed by atoms with Crippen LogP contribution in [-0.4, -0.2) is 49.1 Å². The van der Waals surface area contributed by atoms with Gasteiger partial charge in [-0.2, -0.15) is 5.10 Å². The van der Waals surface area contributed by atoms with Crippen molar-refractivity contribution in [2.24, 2.45) is 10.2 Å². The number of ether oxygens (including phenoxy) is 1. The maximum atomic E-state index is 12.4. The molecule has 0 amide bonds. The first kappa shape index (κ1) is 28.9. The number of rotatable bonds is 7. The minimum atomic E-state index is -4.75. The number of benzene rings is 3. The Morgan fingerprint density at radius 3 is 2.47 bits per heavy atom. The second-order valence-corrected chi connectivity index (χ2v) is 11.6. The van der Waals surface area contributed by atoms with Crippen molar-refractivity contribution in [2.75, 3.05) is 10.7 Å². The molecule has 1 aromatic heterocycles. The molecule has 1 saturated carbocycles. The lowest BCUT2D eigenvalue weighted by molar-refractivity contribution is -0.274. The second kappa shape index (κ2) is 11.8. The summed E-state index contributed by atoms with van der Waals surface area (Å²) in [6.45, 7) is 1.81. The summed E-state index contributed by atoms with van der Waals surface area (Å²) in [6.07, 6.45) is 3.17. The molecule has 1 saturated heterocycles. The lowest BCUT2D eigenvalue weighted by atomic mass is 9.95. The molecule has 2 aliphatic rings. The number of nitrogens with zero attached hydrogens (tertiary/aromatic N) is 6. The zero-order valence-electron chi connectivity index (χ0n) is 23.3. The van der Waals surface area contributed by atoms with Gasteiger partial charge in [-0.3, -0.25) is 4.90 Å². The van der Waals surface area contributed by atoms with Crippen LogP contribution < -0.4 is 9.64 Å². The maximum Gasteiger partial charge on any atom is 0.573 e. The molecule has 43 heavy (non-hydrogen) atoms. The molecule has 1 atom stereocenters. The number of hydrogen-bond acceptors (Lipinski definition) is 7. The van der Waals surface area contributed by atoms with E-state index in [4.69, 9.17) is 0 Å². The molecule has 222 valence electrons. The lowest BCUT2D eigenvalue weighted by Gasteiger charge is -2.33. The predicted octanol–water partition coefficient (Wildman–Crippen LogP) is 7.14. The molecule has 2 fully saturated rings. The van der Waals surface area contributed by atoms with E-state index in [0.29, 0.717) is 28.4 Å². The summed E-state index contributed by atoms with van der Waals surface area (Å²) < 4.78 is 42.6. The van der Waals surface area contributed by atoms with Crippen molar-refractivity contribution in [1.29, 1.82) is 0 Å². The molecule has 0 bridgehead atoms. The van der Waals surface area contributed by atoms with Gasteiger partial charge in [0.25, 0.3) is 0 Å². The van der Waals surface area contributed by atoms with Gasteiger partial charge in [-0.05, 0) is 67.1 Å². The third kappa shape index (κ3) is 6.60. The fourth-order valence-corrected chi connectivity index (χ4v) is 6.49. The van der Waals surface area contributed by atoms with Gasteiger partial charge in [0.15, 0.2) is 16.7 Å². The topological polar surface area (TPSA) is 88.1 Å². The van der Waals surface area contributed by atoms with Crippen LogP contribution in [0.4, 0.5) is 18.9 Å². The van der Waals surface area contributed by atoms with Crippen molar-refractivity contribution in [3.8, 4) is 22.8 Å². The molecule has 1 N–H and O–H groups in total. The highest BCUT2D eigenvalue weighted by Gasteiger charge is 2.42. The van der Waals surface area contributed by atoms with Crippen LogP contribution in [0.15, 0.2) is 89.3 Å². The largest absolute Gasteiger partial charge is 0.573 e. The first-order valence-corrected chi connectivity index (χ1v) is 14.9. The zero-order chi connectivity index (χ0) is 30.0. The molecule has 4 aromatic rings. The number of halogens is 3. The summed E-state index contributed by atoms with van der Waals surface area (Å²) in [5.74, 6) is 1.12. The second-order valence-electron chi connectivity index (χ2n) is 10.7. The van der Waals surface area contributed by atoms with Gasteiger partial charge in [0, 0.05) is 17.0 Å². The predicted molar refractivity (Wildman–Crippen MR) is 162 cm³/mol. The van der Waals surface area contributed by atoms with Crippen molar-refractivity contribution in [2.45, 2.75) is 50.6 Å². The van der Waals surface area contributed by atoms with Gasteiger partial charge in [0.1, 0.15) is 12.1 Å². The van der Waals surface area contributed by atoms with E-state index in [1.54, 1.807) is 6.21 Å². The van der Waals surface area contributed by atoms with Crippen LogP contribution in [0.2, 0.25) is 0 Å². The van der Waals surface area contributed by atoms with Crippen molar-refractivity contribution in [3.63, 3.8) is 0 Å². The quantitative estimate of drug-likeness (QED) is 0.178. The third-order valence-electron chi connectivity index (χ3n) is 7.47. The fourth-order valence-electron chi connectivity index (χ4n) is 5.43. The minimum Gasteiger partial charge on any atom is -0.406 e. The highest BCUT2D eigenvalue weighted by atomic mass is 32.2. The first-order chi connectivity index (χ1) is 20.7. The highest BCUT2D eigenvalue weighted by molar-refractivity contribution is 8.14. The van der Waals surface area contributed by atoms with E-state index in [0.717, 1.165) is 29.7 Å². The van der Waals surface area contributed by atoms with Gasteiger partial charge < -0.3 is 9.84 Å². The van der Waals surface area contributed by atoms with Crippen LogP contribution in [0.1, 0.15) is 49.7 Å². The van der Waals surface area contributed by atoms with Gasteiger partial charge in [-0.15, -0.1) is 23.4 Å². The molecule has 1 aliphatic carbocycles. The Balaban J connectivity index is 1.15. The molecule has 1 aliphatic heterocycles. The van der Waals surface area contributed by atoms with Gasteiger partial charge in [0.05, 0.1) is 11.9 Å². The van der Waals surface area contributed by atoms with Crippen LogP contribution in [0.25, 0.3) is 17.1 Å². The van der Waals surface area contributed by atoms with Crippen molar-refractivity contribution in [3.05, 3.63) is 90.3 Å². The summed E-state index contributed by atoms with van der Waals surface area (Å²) in [4.78, 5) is 6.24.